The Kier molecular flexibility index (Phi) is 7.39. The van der Waals surface area contributed by atoms with Crippen LogP contribution in [0, 0.1) is 0 Å². The number of benzene rings is 2. The van der Waals surface area contributed by atoms with Crippen LogP contribution < -0.4 is 10.2 Å². The van der Waals surface area contributed by atoms with Crippen LogP contribution in [0.1, 0.15) is 32.0 Å². The molecule has 4 rings (SSSR count). The van der Waals surface area contributed by atoms with Crippen molar-refractivity contribution in [1.29, 1.82) is 0 Å². The maximum Gasteiger partial charge on any atom is 0.230 e. The molecular weight excluding hydrogens is 468 g/mol. The van der Waals surface area contributed by atoms with Gasteiger partial charge in [-0.25, -0.2) is 4.98 Å². The van der Waals surface area contributed by atoms with Gasteiger partial charge in [0.2, 0.25) is 11.8 Å². The molecule has 0 atom stereocenters. The minimum absolute atomic E-state index is 0.0757. The molecule has 1 N–H and O–H groups in total. The van der Waals surface area contributed by atoms with Gasteiger partial charge in [-0.15, -0.1) is 21.5 Å². The number of rotatable bonds is 8. The maximum atomic E-state index is 12.5. The predicted octanol–water partition coefficient (Wildman–Crippen LogP) is 5.22. The predicted molar refractivity (Wildman–Crippen MR) is 136 cm³/mol. The van der Waals surface area contributed by atoms with E-state index in [0.29, 0.717) is 21.7 Å². The fourth-order valence-electron chi connectivity index (χ4n) is 3.48. The zero-order chi connectivity index (χ0) is 24.1. The Labute approximate surface area is 206 Å². The van der Waals surface area contributed by atoms with Crippen LogP contribution in [0.4, 0.5) is 16.5 Å². The van der Waals surface area contributed by atoms with E-state index in [9.17, 15) is 9.59 Å². The van der Waals surface area contributed by atoms with Gasteiger partial charge in [0.1, 0.15) is 6.33 Å². The number of amides is 2. The minimum atomic E-state index is -0.129. The zero-order valence-electron chi connectivity index (χ0n) is 19.1. The van der Waals surface area contributed by atoms with E-state index in [-0.39, 0.29) is 11.8 Å². The van der Waals surface area contributed by atoms with E-state index in [2.05, 4.69) is 22.4 Å². The summed E-state index contributed by atoms with van der Waals surface area (Å²) in [6.07, 6.45) is 2.47. The van der Waals surface area contributed by atoms with Crippen LogP contribution in [0.25, 0.3) is 5.69 Å². The van der Waals surface area contributed by atoms with Crippen LogP contribution in [0.3, 0.4) is 0 Å². The Morgan fingerprint density at radius 2 is 1.97 bits per heavy atom. The number of hydrogen-bond donors (Lipinski definition) is 1. The lowest BCUT2D eigenvalue weighted by Crippen LogP contribution is -2.23. The van der Waals surface area contributed by atoms with Crippen LogP contribution in [-0.2, 0) is 21.8 Å². The molecule has 10 heteroatoms. The quantitative estimate of drug-likeness (QED) is 0.339. The number of thioether (sulfide) groups is 1. The lowest BCUT2D eigenvalue weighted by atomic mass is 10.1. The molecule has 0 spiro atoms. The van der Waals surface area contributed by atoms with Crippen molar-refractivity contribution in [2.45, 2.75) is 38.1 Å². The van der Waals surface area contributed by atoms with Gasteiger partial charge in [-0.2, -0.15) is 0 Å². The summed E-state index contributed by atoms with van der Waals surface area (Å²) in [5.74, 6) is 0.367. The SMILES string of the molecule is CCc1ccccc1N(C(C)=O)c1nc(CSc2nncn2-c2cccc(NC(C)=O)c2)cs1. The van der Waals surface area contributed by atoms with Crippen LogP contribution in [0.15, 0.2) is 65.4 Å². The van der Waals surface area contributed by atoms with Gasteiger partial charge in [0.25, 0.3) is 0 Å². The third-order valence-electron chi connectivity index (χ3n) is 4.97. The molecule has 174 valence electrons. The molecule has 2 amide bonds. The summed E-state index contributed by atoms with van der Waals surface area (Å²) in [4.78, 5) is 30.3. The number of hydrogen-bond acceptors (Lipinski definition) is 7. The van der Waals surface area contributed by atoms with Gasteiger partial charge >= 0.3 is 0 Å². The number of nitrogens with zero attached hydrogens (tertiary/aromatic N) is 5. The number of para-hydroxylation sites is 1. The third-order valence-corrected chi connectivity index (χ3v) is 6.82. The molecule has 8 nitrogen and oxygen atoms in total. The van der Waals surface area contributed by atoms with E-state index in [1.54, 1.807) is 18.2 Å². The molecule has 0 aliphatic heterocycles. The molecule has 0 aliphatic rings. The standard InChI is InChI=1S/C24H24N6O2S2/c1-4-18-8-5-6-11-22(18)30(17(3)32)23-27-20(13-33-23)14-34-24-28-25-15-29(24)21-10-7-9-19(12-21)26-16(2)31/h5-13,15H,4,14H2,1-3H3,(H,26,31). The largest absolute Gasteiger partial charge is 0.326 e. The molecule has 34 heavy (non-hydrogen) atoms. The molecule has 0 saturated heterocycles. The first-order chi connectivity index (χ1) is 16.5. The summed E-state index contributed by atoms with van der Waals surface area (Å²) in [5, 5.41) is 14.4. The van der Waals surface area contributed by atoms with Gasteiger partial charge in [0.05, 0.1) is 17.1 Å². The minimum Gasteiger partial charge on any atom is -0.326 e. The van der Waals surface area contributed by atoms with Gasteiger partial charge in [-0.3, -0.25) is 19.1 Å². The van der Waals surface area contributed by atoms with Gasteiger partial charge in [-0.05, 0) is 36.2 Å². The topological polar surface area (TPSA) is 93.0 Å². The van der Waals surface area contributed by atoms with Crippen molar-refractivity contribution in [3.8, 4) is 5.69 Å². The summed E-state index contributed by atoms with van der Waals surface area (Å²) < 4.78 is 1.86. The highest BCUT2D eigenvalue weighted by Crippen LogP contribution is 2.33. The molecule has 0 radical (unpaired) electrons. The Hall–Kier alpha value is -3.50. The molecule has 0 unspecified atom stereocenters. The van der Waals surface area contributed by atoms with E-state index in [4.69, 9.17) is 4.98 Å². The summed E-state index contributed by atoms with van der Waals surface area (Å²) in [6.45, 7) is 5.10. The normalized spacial score (nSPS) is 10.8. The summed E-state index contributed by atoms with van der Waals surface area (Å²) in [7, 11) is 0. The van der Waals surface area contributed by atoms with Crippen LogP contribution >= 0.6 is 23.1 Å². The summed E-state index contributed by atoms with van der Waals surface area (Å²) in [5.41, 5.74) is 4.36. The number of aromatic nitrogens is 4. The molecule has 0 fully saturated rings. The van der Waals surface area contributed by atoms with Crippen molar-refractivity contribution >= 4 is 51.4 Å². The highest BCUT2D eigenvalue weighted by molar-refractivity contribution is 7.98. The first kappa shape index (κ1) is 23.7. The average Bonchev–Trinajstić information content (AvgIpc) is 3.47. The van der Waals surface area contributed by atoms with Gasteiger partial charge < -0.3 is 5.32 Å². The summed E-state index contributed by atoms with van der Waals surface area (Å²) in [6, 6.07) is 15.4. The van der Waals surface area contributed by atoms with E-state index in [1.165, 1.54) is 30.0 Å². The summed E-state index contributed by atoms with van der Waals surface area (Å²) >= 11 is 2.94. The second-order valence-corrected chi connectivity index (χ2v) is 9.24. The Morgan fingerprint density at radius 1 is 1.15 bits per heavy atom. The van der Waals surface area contributed by atoms with E-state index in [0.717, 1.165) is 29.1 Å². The molecule has 0 bridgehead atoms. The smallest absolute Gasteiger partial charge is 0.230 e. The highest BCUT2D eigenvalue weighted by Gasteiger charge is 2.20. The molecule has 2 aromatic carbocycles. The van der Waals surface area contributed by atoms with Crippen molar-refractivity contribution < 1.29 is 9.59 Å². The number of carbonyl (C=O) groups is 2. The van der Waals surface area contributed by atoms with Crippen molar-refractivity contribution in [3.05, 3.63) is 71.5 Å². The van der Waals surface area contributed by atoms with Crippen molar-refractivity contribution in [1.82, 2.24) is 19.7 Å². The van der Waals surface area contributed by atoms with Crippen LogP contribution in [-0.4, -0.2) is 31.6 Å². The van der Waals surface area contributed by atoms with Crippen molar-refractivity contribution in [3.63, 3.8) is 0 Å². The van der Waals surface area contributed by atoms with E-state index in [1.807, 2.05) is 58.5 Å². The number of carbonyl (C=O) groups excluding carboxylic acids is 2. The number of anilines is 3. The lowest BCUT2D eigenvalue weighted by Gasteiger charge is -2.20. The average molecular weight is 493 g/mol. The van der Waals surface area contributed by atoms with E-state index >= 15 is 0 Å². The zero-order valence-corrected chi connectivity index (χ0v) is 20.7. The molecule has 0 saturated carbocycles. The van der Waals surface area contributed by atoms with Gasteiger partial charge in [0.15, 0.2) is 10.3 Å². The Balaban J connectivity index is 1.52. The lowest BCUT2D eigenvalue weighted by molar-refractivity contribution is -0.116. The number of thiazole rings is 1. The Morgan fingerprint density at radius 3 is 2.74 bits per heavy atom. The third kappa shape index (κ3) is 5.35. The number of nitrogens with one attached hydrogen (secondary N) is 1. The maximum absolute atomic E-state index is 12.5. The fourth-order valence-corrected chi connectivity index (χ4v) is 5.28. The second kappa shape index (κ2) is 10.6. The van der Waals surface area contributed by atoms with Crippen molar-refractivity contribution in [2.24, 2.45) is 0 Å². The van der Waals surface area contributed by atoms with Crippen molar-refractivity contribution in [2.75, 3.05) is 10.2 Å². The molecule has 2 aromatic heterocycles. The number of aryl methyl sites for hydroxylation is 1. The molecular formula is C24H24N6O2S2. The van der Waals surface area contributed by atoms with E-state index < -0.39 is 0 Å². The van der Waals surface area contributed by atoms with Gasteiger partial charge in [-0.1, -0.05) is 43.0 Å². The van der Waals surface area contributed by atoms with Crippen LogP contribution in [0.5, 0.6) is 0 Å². The highest BCUT2D eigenvalue weighted by atomic mass is 32.2. The molecule has 4 aromatic rings. The molecule has 0 aliphatic carbocycles. The monoisotopic (exact) mass is 492 g/mol. The molecule has 2 heterocycles. The second-order valence-electron chi connectivity index (χ2n) is 7.46. The first-order valence-electron chi connectivity index (χ1n) is 10.7. The Bertz CT molecular complexity index is 1320. The van der Waals surface area contributed by atoms with Gasteiger partial charge in [0, 0.05) is 30.7 Å². The fraction of sp³-hybridized carbons (Fsp3) is 0.208. The van der Waals surface area contributed by atoms with Crippen LogP contribution in [0.2, 0.25) is 0 Å². The first-order valence-corrected chi connectivity index (χ1v) is 12.6.